The number of nitrogens with one attached hydrogen (secondary N) is 1. The number of rotatable bonds is 11. The van der Waals surface area contributed by atoms with Gasteiger partial charge in [0.2, 0.25) is 0 Å². The van der Waals surface area contributed by atoms with Gasteiger partial charge in [0.15, 0.2) is 6.61 Å². The predicted octanol–water partition coefficient (Wildman–Crippen LogP) is 5.52. The van der Waals surface area contributed by atoms with E-state index in [0.717, 1.165) is 32.3 Å². The molecular formula is C31H28BN3O3S. The average molecular weight is 533 g/mol. The van der Waals surface area contributed by atoms with Crippen molar-refractivity contribution in [1.29, 1.82) is 0 Å². The minimum absolute atomic E-state index is 0.0551. The molecule has 39 heavy (non-hydrogen) atoms. The van der Waals surface area contributed by atoms with Crippen LogP contribution in [-0.2, 0) is 17.9 Å². The lowest BCUT2D eigenvalue weighted by atomic mass is 9.94. The minimum Gasteiger partial charge on any atom is -0.484 e. The number of carbonyl (C=O) groups excluding carboxylic acids is 1. The van der Waals surface area contributed by atoms with Crippen LogP contribution in [0.15, 0.2) is 101 Å². The van der Waals surface area contributed by atoms with E-state index >= 15 is 0 Å². The van der Waals surface area contributed by atoms with Gasteiger partial charge in [-0.3, -0.25) is 4.79 Å². The van der Waals surface area contributed by atoms with Crippen molar-refractivity contribution in [2.45, 2.75) is 31.0 Å². The maximum absolute atomic E-state index is 12.1. The van der Waals surface area contributed by atoms with E-state index in [1.54, 1.807) is 11.8 Å². The molecule has 0 aliphatic rings. The topological polar surface area (TPSA) is 72.7 Å². The number of nitroso groups, excluding NO2 is 1. The number of aryl methyl sites for hydroxylation is 1. The molecule has 0 bridgehead atoms. The fourth-order valence-corrected chi connectivity index (χ4v) is 5.46. The highest BCUT2D eigenvalue weighted by Gasteiger charge is 2.17. The number of benzene rings is 4. The first-order valence-corrected chi connectivity index (χ1v) is 13.8. The molecule has 1 amide bonds. The molecule has 1 aromatic heterocycles. The second kappa shape index (κ2) is 12.2. The van der Waals surface area contributed by atoms with E-state index in [4.69, 9.17) is 12.6 Å². The van der Waals surface area contributed by atoms with Crippen LogP contribution in [0.3, 0.4) is 0 Å². The normalized spacial score (nSPS) is 11.9. The molecule has 194 valence electrons. The monoisotopic (exact) mass is 533 g/mol. The second-order valence-corrected chi connectivity index (χ2v) is 10.6. The van der Waals surface area contributed by atoms with E-state index in [2.05, 4.69) is 40.2 Å². The molecule has 2 radical (unpaired) electrons. The summed E-state index contributed by atoms with van der Waals surface area (Å²) in [7, 11) is 6.07. The van der Waals surface area contributed by atoms with Crippen molar-refractivity contribution < 1.29 is 9.53 Å². The molecule has 0 spiro atoms. The van der Waals surface area contributed by atoms with Gasteiger partial charge in [-0.25, -0.2) is 0 Å². The molecule has 8 heteroatoms. The fourth-order valence-electron chi connectivity index (χ4n) is 4.58. The number of ether oxygens (including phenoxy) is 1. The lowest BCUT2D eigenvalue weighted by molar-refractivity contribution is -0.123. The Kier molecular flexibility index (Phi) is 8.32. The molecule has 4 aromatic carbocycles. The first kappa shape index (κ1) is 26.6. The Hall–Kier alpha value is -4.04. The number of amides is 1. The standard InChI is InChI=1S/C31H28BN3O3S/c1-21-7-13-29-27(15-21)28-16-23(32)8-14-30(28)35(29)18-24(34-37)20-39-26-11-9-25(10-12-26)38-19-31(36)33-17-22-5-3-2-4-6-22/h2-16,24H,17-20H2,1H3,(H,33,36). The Morgan fingerprint density at radius 1 is 0.974 bits per heavy atom. The first-order chi connectivity index (χ1) is 19.0. The molecule has 0 saturated heterocycles. The van der Waals surface area contributed by atoms with Crippen LogP contribution in [0.4, 0.5) is 0 Å². The molecule has 5 rings (SSSR count). The largest absolute Gasteiger partial charge is 0.484 e. The smallest absolute Gasteiger partial charge is 0.258 e. The maximum atomic E-state index is 12.1. The van der Waals surface area contributed by atoms with Crippen LogP contribution in [0.2, 0.25) is 0 Å². The Morgan fingerprint density at radius 3 is 2.44 bits per heavy atom. The number of hydrogen-bond donors (Lipinski definition) is 1. The number of nitrogens with zero attached hydrogens (tertiary/aromatic N) is 2. The maximum Gasteiger partial charge on any atom is 0.258 e. The lowest BCUT2D eigenvalue weighted by Gasteiger charge is -2.13. The van der Waals surface area contributed by atoms with Gasteiger partial charge in [-0.2, -0.15) is 4.91 Å². The third kappa shape index (κ3) is 6.52. The van der Waals surface area contributed by atoms with Gasteiger partial charge in [-0.15, -0.1) is 11.8 Å². The van der Waals surface area contributed by atoms with Crippen LogP contribution >= 0.6 is 11.8 Å². The number of hydrogen-bond acceptors (Lipinski definition) is 5. The fraction of sp³-hybridized carbons (Fsp3) is 0.194. The second-order valence-electron chi connectivity index (χ2n) is 9.50. The highest BCUT2D eigenvalue weighted by Crippen LogP contribution is 2.30. The Balaban J connectivity index is 1.18. The number of fused-ring (bicyclic) bond motifs is 3. The quantitative estimate of drug-likeness (QED) is 0.138. The molecule has 5 aromatic rings. The average Bonchev–Trinajstić information content (AvgIpc) is 3.25. The van der Waals surface area contributed by atoms with E-state index in [-0.39, 0.29) is 12.5 Å². The van der Waals surface area contributed by atoms with Crippen LogP contribution in [0.25, 0.3) is 21.8 Å². The highest BCUT2D eigenvalue weighted by atomic mass is 32.2. The van der Waals surface area contributed by atoms with Crippen molar-refractivity contribution in [3.05, 3.63) is 107 Å². The van der Waals surface area contributed by atoms with Crippen molar-refractivity contribution in [3.8, 4) is 5.75 Å². The van der Waals surface area contributed by atoms with Gasteiger partial charge >= 0.3 is 0 Å². The van der Waals surface area contributed by atoms with Crippen molar-refractivity contribution in [2.75, 3.05) is 12.4 Å². The molecule has 0 aliphatic heterocycles. The summed E-state index contributed by atoms with van der Waals surface area (Å²) in [5.74, 6) is 0.965. The van der Waals surface area contributed by atoms with Crippen LogP contribution in [-0.4, -0.2) is 36.7 Å². The van der Waals surface area contributed by atoms with Gasteiger partial charge in [0, 0.05) is 45.5 Å². The zero-order valence-electron chi connectivity index (χ0n) is 21.7. The molecule has 1 unspecified atom stereocenters. The Bertz CT molecular complexity index is 1540. The van der Waals surface area contributed by atoms with E-state index in [9.17, 15) is 9.70 Å². The van der Waals surface area contributed by atoms with Crippen LogP contribution in [0, 0.1) is 11.8 Å². The summed E-state index contributed by atoms with van der Waals surface area (Å²) in [6.07, 6.45) is 0. The van der Waals surface area contributed by atoms with E-state index in [0.29, 0.717) is 30.1 Å². The SMILES string of the molecule is [B]c1ccc2c(c1)c1cc(C)ccc1n2CC(CSc1ccc(OCC(=O)NCc2ccccc2)cc1)N=O. The highest BCUT2D eigenvalue weighted by molar-refractivity contribution is 7.99. The number of aromatic nitrogens is 1. The van der Waals surface area contributed by atoms with E-state index in [1.165, 1.54) is 5.56 Å². The van der Waals surface area contributed by atoms with Crippen LogP contribution in [0.1, 0.15) is 11.1 Å². The molecule has 1 N–H and O–H groups in total. The van der Waals surface area contributed by atoms with Crippen molar-refractivity contribution in [3.63, 3.8) is 0 Å². The van der Waals surface area contributed by atoms with Gasteiger partial charge in [-0.1, -0.05) is 64.7 Å². The Morgan fingerprint density at radius 2 is 1.69 bits per heavy atom. The Labute approximate surface area is 233 Å². The summed E-state index contributed by atoms with van der Waals surface area (Å²) in [6, 6.07) is 29.0. The molecule has 1 atom stereocenters. The molecular weight excluding hydrogens is 505 g/mol. The van der Waals surface area contributed by atoms with E-state index < -0.39 is 6.04 Å². The van der Waals surface area contributed by atoms with Gasteiger partial charge in [-0.05, 0) is 55.0 Å². The summed E-state index contributed by atoms with van der Waals surface area (Å²) in [5, 5.41) is 8.50. The zero-order valence-corrected chi connectivity index (χ0v) is 22.5. The summed E-state index contributed by atoms with van der Waals surface area (Å²) >= 11 is 1.57. The zero-order chi connectivity index (χ0) is 27.2. The van der Waals surface area contributed by atoms with Gasteiger partial charge in [0.05, 0.1) is 0 Å². The summed E-state index contributed by atoms with van der Waals surface area (Å²) in [4.78, 5) is 24.9. The van der Waals surface area contributed by atoms with Gasteiger partial charge in [0.1, 0.15) is 19.6 Å². The summed E-state index contributed by atoms with van der Waals surface area (Å²) in [6.45, 7) is 2.95. The van der Waals surface area contributed by atoms with Gasteiger partial charge in [0.25, 0.3) is 5.91 Å². The third-order valence-corrected chi connectivity index (χ3v) is 7.71. The molecule has 0 aliphatic carbocycles. The van der Waals surface area contributed by atoms with Crippen LogP contribution < -0.4 is 15.5 Å². The summed E-state index contributed by atoms with van der Waals surface area (Å²) in [5.41, 5.74) is 5.02. The number of carbonyl (C=O) groups is 1. The minimum atomic E-state index is -0.420. The molecule has 0 saturated carbocycles. The molecule has 6 nitrogen and oxygen atoms in total. The number of thioether (sulfide) groups is 1. The van der Waals surface area contributed by atoms with Crippen molar-refractivity contribution in [1.82, 2.24) is 9.88 Å². The lowest BCUT2D eigenvalue weighted by Crippen LogP contribution is -2.28. The van der Waals surface area contributed by atoms with Crippen molar-refractivity contribution >= 4 is 52.8 Å². The molecule has 1 heterocycles. The van der Waals surface area contributed by atoms with Crippen molar-refractivity contribution in [2.24, 2.45) is 5.18 Å². The summed E-state index contributed by atoms with van der Waals surface area (Å²) < 4.78 is 7.79. The van der Waals surface area contributed by atoms with Crippen LogP contribution in [0.5, 0.6) is 5.75 Å². The van der Waals surface area contributed by atoms with Gasteiger partial charge < -0.3 is 14.6 Å². The third-order valence-electron chi connectivity index (χ3n) is 6.56. The predicted molar refractivity (Wildman–Crippen MR) is 160 cm³/mol. The molecule has 0 fully saturated rings. The first-order valence-electron chi connectivity index (χ1n) is 12.8. The van der Waals surface area contributed by atoms with E-state index in [1.807, 2.05) is 72.8 Å².